The maximum absolute atomic E-state index is 8.94. The molecule has 0 unspecified atom stereocenters. The summed E-state index contributed by atoms with van der Waals surface area (Å²) in [6.45, 7) is 5.79. The van der Waals surface area contributed by atoms with Crippen LogP contribution < -0.4 is 0 Å². The summed E-state index contributed by atoms with van der Waals surface area (Å²) in [5.74, 6) is 0. The Morgan fingerprint density at radius 2 is 2.31 bits per heavy atom. The van der Waals surface area contributed by atoms with Crippen LogP contribution in [0.2, 0.25) is 0 Å². The highest BCUT2D eigenvalue weighted by atomic mass is 16.3. The third kappa shape index (κ3) is 2.30. The van der Waals surface area contributed by atoms with E-state index < -0.39 is 0 Å². The van der Waals surface area contributed by atoms with Crippen molar-refractivity contribution in [1.82, 2.24) is 0 Å². The molecule has 1 aromatic carbocycles. The predicted molar refractivity (Wildman–Crippen MR) is 56.2 cm³/mol. The van der Waals surface area contributed by atoms with Gasteiger partial charge in [-0.3, -0.25) is 0 Å². The van der Waals surface area contributed by atoms with Crippen LogP contribution >= 0.6 is 0 Å². The van der Waals surface area contributed by atoms with E-state index in [1.165, 1.54) is 0 Å². The van der Waals surface area contributed by atoms with Crippen molar-refractivity contribution in [1.29, 1.82) is 0 Å². The standard InChI is InChI=1S/C12H14O/c1-3-11(4-2)12-7-5-6-10(8-12)9-13/h3-8,13H,1,9H2,2H3. The smallest absolute Gasteiger partial charge is 0.0682 e. The van der Waals surface area contributed by atoms with Crippen LogP contribution in [-0.2, 0) is 6.61 Å². The molecule has 0 saturated heterocycles. The van der Waals surface area contributed by atoms with E-state index in [1.54, 1.807) is 0 Å². The quantitative estimate of drug-likeness (QED) is 0.698. The molecule has 0 aliphatic heterocycles. The first-order valence-electron chi connectivity index (χ1n) is 4.30. The third-order valence-corrected chi connectivity index (χ3v) is 1.97. The summed E-state index contributed by atoms with van der Waals surface area (Å²) in [7, 11) is 0. The Kier molecular flexibility index (Phi) is 3.47. The van der Waals surface area contributed by atoms with E-state index in [2.05, 4.69) is 6.58 Å². The van der Waals surface area contributed by atoms with Gasteiger partial charge in [-0.05, 0) is 29.7 Å². The maximum atomic E-state index is 8.94. The van der Waals surface area contributed by atoms with Crippen LogP contribution in [0.3, 0.4) is 0 Å². The van der Waals surface area contributed by atoms with Crippen LogP contribution in [0.5, 0.6) is 0 Å². The molecule has 0 aliphatic carbocycles. The summed E-state index contributed by atoms with van der Waals surface area (Å²) in [5, 5.41) is 8.94. The molecule has 1 rings (SSSR count). The first-order valence-corrected chi connectivity index (χ1v) is 4.30. The van der Waals surface area contributed by atoms with E-state index in [1.807, 2.05) is 43.3 Å². The van der Waals surface area contributed by atoms with E-state index >= 15 is 0 Å². The van der Waals surface area contributed by atoms with Crippen LogP contribution in [0.4, 0.5) is 0 Å². The van der Waals surface area contributed by atoms with Crippen molar-refractivity contribution >= 4 is 5.57 Å². The number of hydrogen-bond acceptors (Lipinski definition) is 1. The Hall–Kier alpha value is -1.34. The van der Waals surface area contributed by atoms with E-state index in [9.17, 15) is 0 Å². The molecule has 0 spiro atoms. The van der Waals surface area contributed by atoms with Crippen molar-refractivity contribution in [3.8, 4) is 0 Å². The summed E-state index contributed by atoms with van der Waals surface area (Å²) in [5.41, 5.74) is 3.12. The molecule has 1 aromatic rings. The SMILES string of the molecule is C=CC(=CC)c1cccc(CO)c1. The Labute approximate surface area is 79.0 Å². The van der Waals surface area contributed by atoms with Crippen molar-refractivity contribution in [2.75, 3.05) is 0 Å². The van der Waals surface area contributed by atoms with Crippen molar-refractivity contribution in [3.05, 3.63) is 54.1 Å². The van der Waals surface area contributed by atoms with Crippen molar-refractivity contribution in [2.45, 2.75) is 13.5 Å². The van der Waals surface area contributed by atoms with Gasteiger partial charge >= 0.3 is 0 Å². The summed E-state index contributed by atoms with van der Waals surface area (Å²) in [4.78, 5) is 0. The molecule has 0 aromatic heterocycles. The van der Waals surface area contributed by atoms with Crippen LogP contribution in [0.1, 0.15) is 18.1 Å². The molecule has 1 nitrogen and oxygen atoms in total. The second-order valence-electron chi connectivity index (χ2n) is 2.81. The Morgan fingerprint density at radius 1 is 1.54 bits per heavy atom. The van der Waals surface area contributed by atoms with Crippen LogP contribution in [0.15, 0.2) is 43.0 Å². The zero-order chi connectivity index (χ0) is 9.68. The van der Waals surface area contributed by atoms with Crippen molar-refractivity contribution in [3.63, 3.8) is 0 Å². The van der Waals surface area contributed by atoms with Gasteiger partial charge in [0.25, 0.3) is 0 Å². The molecule has 0 atom stereocenters. The van der Waals surface area contributed by atoms with Gasteiger partial charge < -0.3 is 5.11 Å². The molecule has 0 radical (unpaired) electrons. The summed E-state index contributed by atoms with van der Waals surface area (Å²) < 4.78 is 0. The lowest BCUT2D eigenvalue weighted by Crippen LogP contribution is -1.86. The van der Waals surface area contributed by atoms with Gasteiger partial charge in [0, 0.05) is 0 Å². The number of aliphatic hydroxyl groups excluding tert-OH is 1. The summed E-state index contributed by atoms with van der Waals surface area (Å²) >= 11 is 0. The van der Waals surface area contributed by atoms with Gasteiger partial charge in [0.1, 0.15) is 0 Å². The molecule has 0 aliphatic rings. The molecule has 0 saturated carbocycles. The van der Waals surface area contributed by atoms with Gasteiger partial charge in [0.2, 0.25) is 0 Å². The zero-order valence-electron chi connectivity index (χ0n) is 7.83. The number of hydrogen-bond donors (Lipinski definition) is 1. The summed E-state index contributed by atoms with van der Waals surface area (Å²) in [6.07, 6.45) is 3.82. The van der Waals surface area contributed by atoms with Gasteiger partial charge in [-0.1, -0.05) is 36.9 Å². The Morgan fingerprint density at radius 3 is 2.85 bits per heavy atom. The molecule has 13 heavy (non-hydrogen) atoms. The van der Waals surface area contributed by atoms with Crippen LogP contribution in [0, 0.1) is 0 Å². The fourth-order valence-corrected chi connectivity index (χ4v) is 1.25. The van der Waals surface area contributed by atoms with Crippen LogP contribution in [0.25, 0.3) is 5.57 Å². The second kappa shape index (κ2) is 4.63. The lowest BCUT2D eigenvalue weighted by atomic mass is 10.0. The van der Waals surface area contributed by atoms with Gasteiger partial charge in [0.05, 0.1) is 6.61 Å². The van der Waals surface area contributed by atoms with Crippen LogP contribution in [-0.4, -0.2) is 5.11 Å². The minimum absolute atomic E-state index is 0.0853. The lowest BCUT2D eigenvalue weighted by molar-refractivity contribution is 0.282. The molecular weight excluding hydrogens is 160 g/mol. The number of benzene rings is 1. The maximum Gasteiger partial charge on any atom is 0.0682 e. The number of rotatable bonds is 3. The Balaban J connectivity index is 3.07. The van der Waals surface area contributed by atoms with Gasteiger partial charge in [-0.25, -0.2) is 0 Å². The monoisotopic (exact) mass is 174 g/mol. The van der Waals surface area contributed by atoms with E-state index in [0.29, 0.717) is 0 Å². The number of aliphatic hydroxyl groups is 1. The van der Waals surface area contributed by atoms with Gasteiger partial charge in [0.15, 0.2) is 0 Å². The first-order chi connectivity index (χ1) is 6.31. The molecule has 1 heteroatoms. The van der Waals surface area contributed by atoms with Crippen molar-refractivity contribution in [2.24, 2.45) is 0 Å². The zero-order valence-corrected chi connectivity index (χ0v) is 7.83. The molecule has 0 heterocycles. The molecule has 0 bridgehead atoms. The minimum Gasteiger partial charge on any atom is -0.392 e. The highest BCUT2D eigenvalue weighted by Crippen LogP contribution is 2.16. The van der Waals surface area contributed by atoms with Crippen molar-refractivity contribution < 1.29 is 5.11 Å². The number of allylic oxidation sites excluding steroid dienone is 3. The second-order valence-corrected chi connectivity index (χ2v) is 2.81. The predicted octanol–water partition coefficient (Wildman–Crippen LogP) is 2.77. The van der Waals surface area contributed by atoms with Gasteiger partial charge in [-0.2, -0.15) is 0 Å². The average Bonchev–Trinajstić information content (AvgIpc) is 2.20. The summed E-state index contributed by atoms with van der Waals surface area (Å²) in [6, 6.07) is 7.82. The average molecular weight is 174 g/mol. The molecule has 68 valence electrons. The molecular formula is C12H14O. The minimum atomic E-state index is 0.0853. The highest BCUT2D eigenvalue weighted by Gasteiger charge is 1.96. The molecule has 1 N–H and O–H groups in total. The van der Waals surface area contributed by atoms with E-state index in [-0.39, 0.29) is 6.61 Å². The fourth-order valence-electron chi connectivity index (χ4n) is 1.25. The normalized spacial score (nSPS) is 11.4. The highest BCUT2D eigenvalue weighted by molar-refractivity contribution is 5.73. The topological polar surface area (TPSA) is 20.2 Å². The molecule has 0 fully saturated rings. The molecule has 0 amide bonds. The first kappa shape index (κ1) is 9.75. The van der Waals surface area contributed by atoms with E-state index in [0.717, 1.165) is 16.7 Å². The third-order valence-electron chi connectivity index (χ3n) is 1.97. The lowest BCUT2D eigenvalue weighted by Gasteiger charge is -2.03. The van der Waals surface area contributed by atoms with E-state index in [4.69, 9.17) is 5.11 Å². The van der Waals surface area contributed by atoms with Gasteiger partial charge in [-0.15, -0.1) is 0 Å². The fraction of sp³-hybridized carbons (Fsp3) is 0.167. The Bertz CT molecular complexity index is 324. The largest absolute Gasteiger partial charge is 0.392 e.